The van der Waals surface area contributed by atoms with E-state index < -0.39 is 68.7 Å². The second-order valence-electron chi connectivity index (χ2n) is 11.0. The lowest BCUT2D eigenvalue weighted by Gasteiger charge is -2.55. The summed E-state index contributed by atoms with van der Waals surface area (Å²) in [5.74, 6) is -4.70. The number of rotatable bonds is 4. The van der Waals surface area contributed by atoms with Crippen LogP contribution in [0.3, 0.4) is 0 Å². The lowest BCUT2D eigenvalue weighted by atomic mass is 9.49. The zero-order valence-corrected chi connectivity index (χ0v) is 18.4. The first-order chi connectivity index (χ1) is 15.4. The molecule has 6 saturated carbocycles. The summed E-state index contributed by atoms with van der Waals surface area (Å²) >= 11 is 0. The Morgan fingerprint density at radius 1 is 1.00 bits per heavy atom. The number of amides is 1. The first-order valence-electron chi connectivity index (χ1n) is 11.4. The molecule has 6 bridgehead atoms. The Balaban J connectivity index is 1.24. The molecule has 7 rings (SSSR count). The number of alkyl halides is 3. The minimum Gasteiger partial charge on any atom is -0.458 e. The molecular formula is C21H24F3NO7S. The average molecular weight is 491 g/mol. The SMILES string of the molecule is O=C(NS(=O)(=O)C(F)(F)F)C1C2CC3C(OC(=O)C31)C2OC(=O)C12CC3CC(CC(C3)C1)C2. The van der Waals surface area contributed by atoms with E-state index in [0.717, 1.165) is 43.2 Å². The number of esters is 2. The van der Waals surface area contributed by atoms with E-state index in [2.05, 4.69) is 0 Å². The smallest absolute Gasteiger partial charge is 0.458 e. The van der Waals surface area contributed by atoms with Crippen LogP contribution in [0.4, 0.5) is 13.2 Å². The van der Waals surface area contributed by atoms with Crippen LogP contribution in [0.2, 0.25) is 0 Å². The van der Waals surface area contributed by atoms with Crippen molar-refractivity contribution in [2.45, 2.75) is 62.7 Å². The fraction of sp³-hybridized carbons (Fsp3) is 0.857. The Kier molecular flexibility index (Phi) is 4.35. The van der Waals surface area contributed by atoms with Gasteiger partial charge in [0.1, 0.15) is 12.2 Å². The summed E-state index contributed by atoms with van der Waals surface area (Å²) in [6.07, 6.45) is 4.17. The molecule has 8 nitrogen and oxygen atoms in total. The second kappa shape index (κ2) is 6.63. The Morgan fingerprint density at radius 3 is 2.12 bits per heavy atom. The normalized spacial score (nSPS) is 47.0. The molecule has 6 atom stereocenters. The molecule has 0 aromatic carbocycles. The van der Waals surface area contributed by atoms with Crippen molar-refractivity contribution in [1.82, 2.24) is 4.72 Å². The number of carbonyl (C=O) groups is 3. The largest absolute Gasteiger partial charge is 0.516 e. The maximum atomic E-state index is 13.4. The van der Waals surface area contributed by atoms with E-state index in [9.17, 15) is 36.0 Å². The highest BCUT2D eigenvalue weighted by Crippen LogP contribution is 2.62. The number of carbonyl (C=O) groups excluding carboxylic acids is 3. The van der Waals surface area contributed by atoms with Crippen LogP contribution < -0.4 is 4.72 Å². The minimum atomic E-state index is -5.92. The van der Waals surface area contributed by atoms with E-state index in [1.807, 2.05) is 0 Å². The molecule has 0 aromatic heterocycles. The van der Waals surface area contributed by atoms with Gasteiger partial charge in [-0.05, 0) is 62.7 Å². The van der Waals surface area contributed by atoms with Crippen molar-refractivity contribution < 1.29 is 45.4 Å². The molecule has 1 aliphatic heterocycles. The topological polar surface area (TPSA) is 116 Å². The van der Waals surface area contributed by atoms with E-state index >= 15 is 0 Å². The minimum absolute atomic E-state index is 0.254. The monoisotopic (exact) mass is 491 g/mol. The Labute approximate surface area is 188 Å². The van der Waals surface area contributed by atoms with Crippen LogP contribution in [0.1, 0.15) is 44.9 Å². The third-order valence-electron chi connectivity index (χ3n) is 9.10. The molecule has 182 valence electrons. The van der Waals surface area contributed by atoms with Gasteiger partial charge in [0.2, 0.25) is 5.91 Å². The number of hydrogen-bond acceptors (Lipinski definition) is 7. The molecule has 0 spiro atoms. The van der Waals surface area contributed by atoms with E-state index in [0.29, 0.717) is 17.8 Å². The molecule has 7 aliphatic rings. The van der Waals surface area contributed by atoms with Gasteiger partial charge in [0.15, 0.2) is 0 Å². The number of fused-ring (bicyclic) bond motifs is 1. The molecule has 1 amide bonds. The molecule has 6 aliphatic carbocycles. The Bertz CT molecular complexity index is 1010. The molecule has 1 saturated heterocycles. The van der Waals surface area contributed by atoms with Gasteiger partial charge in [-0.3, -0.25) is 14.4 Å². The molecule has 33 heavy (non-hydrogen) atoms. The van der Waals surface area contributed by atoms with Crippen molar-refractivity contribution in [3.63, 3.8) is 0 Å². The maximum Gasteiger partial charge on any atom is 0.516 e. The fourth-order valence-electron chi connectivity index (χ4n) is 8.37. The van der Waals surface area contributed by atoms with Gasteiger partial charge in [0, 0.05) is 11.8 Å². The quantitative estimate of drug-likeness (QED) is 0.597. The van der Waals surface area contributed by atoms with Crippen molar-refractivity contribution in [2.75, 3.05) is 0 Å². The van der Waals surface area contributed by atoms with Crippen LogP contribution in [0, 0.1) is 46.8 Å². The molecule has 1 N–H and O–H groups in total. The maximum absolute atomic E-state index is 13.4. The average Bonchev–Trinajstić information content (AvgIpc) is 3.29. The third-order valence-corrected chi connectivity index (χ3v) is 10.2. The van der Waals surface area contributed by atoms with E-state index in [-0.39, 0.29) is 12.4 Å². The predicted octanol–water partition coefficient (Wildman–Crippen LogP) is 1.89. The highest BCUT2D eigenvalue weighted by molar-refractivity contribution is 7.90. The van der Waals surface area contributed by atoms with Crippen molar-refractivity contribution in [3.05, 3.63) is 0 Å². The van der Waals surface area contributed by atoms with Gasteiger partial charge in [-0.15, -0.1) is 0 Å². The fourth-order valence-corrected chi connectivity index (χ4v) is 8.89. The van der Waals surface area contributed by atoms with Gasteiger partial charge < -0.3 is 9.47 Å². The van der Waals surface area contributed by atoms with Crippen LogP contribution in [0.15, 0.2) is 0 Å². The third kappa shape index (κ3) is 3.01. The van der Waals surface area contributed by atoms with Gasteiger partial charge in [-0.2, -0.15) is 21.6 Å². The van der Waals surface area contributed by atoms with E-state index in [4.69, 9.17) is 9.47 Å². The summed E-state index contributed by atoms with van der Waals surface area (Å²) in [4.78, 5) is 38.5. The highest BCUT2D eigenvalue weighted by atomic mass is 32.2. The van der Waals surface area contributed by atoms with Gasteiger partial charge in [0.25, 0.3) is 0 Å². The van der Waals surface area contributed by atoms with Crippen molar-refractivity contribution in [3.8, 4) is 0 Å². The van der Waals surface area contributed by atoms with E-state index in [1.54, 1.807) is 0 Å². The molecule has 6 unspecified atom stereocenters. The van der Waals surface area contributed by atoms with Crippen LogP contribution in [-0.4, -0.2) is 44.0 Å². The summed E-state index contributed by atoms with van der Waals surface area (Å²) in [7, 11) is -5.92. The standard InChI is InChI=1S/C21H24F3NO7S/c22-21(23,24)33(29,30)25-17(26)13-11-4-12-14(13)18(27)31-15(12)16(11)32-19(28)20-5-8-1-9(6-20)3-10(2-8)7-20/h8-16H,1-7H2,(H,25,26). The summed E-state index contributed by atoms with van der Waals surface area (Å²) in [5.41, 5.74) is -6.25. The van der Waals surface area contributed by atoms with Crippen LogP contribution in [0.25, 0.3) is 0 Å². The summed E-state index contributed by atoms with van der Waals surface area (Å²) in [5, 5.41) is 0. The first kappa shape index (κ1) is 21.7. The molecule has 12 heteroatoms. The number of nitrogens with one attached hydrogen (secondary N) is 1. The van der Waals surface area contributed by atoms with Gasteiger partial charge in [0.05, 0.1) is 17.3 Å². The second-order valence-corrected chi connectivity index (χ2v) is 12.7. The number of hydrogen-bond donors (Lipinski definition) is 1. The van der Waals surface area contributed by atoms with Crippen molar-refractivity contribution in [2.24, 2.45) is 46.8 Å². The van der Waals surface area contributed by atoms with Gasteiger partial charge in [-0.1, -0.05) is 0 Å². The van der Waals surface area contributed by atoms with Crippen LogP contribution >= 0.6 is 0 Å². The summed E-state index contributed by atoms with van der Waals surface area (Å²) in [6, 6.07) is 0. The van der Waals surface area contributed by atoms with Crippen LogP contribution in [-0.2, 0) is 33.9 Å². The number of ether oxygens (including phenoxy) is 2. The summed E-state index contributed by atoms with van der Waals surface area (Å²) in [6.45, 7) is 0. The number of sulfonamides is 1. The van der Waals surface area contributed by atoms with Gasteiger partial charge in [-0.25, -0.2) is 4.72 Å². The van der Waals surface area contributed by atoms with Crippen molar-refractivity contribution in [1.29, 1.82) is 0 Å². The molecular weight excluding hydrogens is 467 g/mol. The van der Waals surface area contributed by atoms with E-state index in [1.165, 1.54) is 0 Å². The molecule has 7 fully saturated rings. The first-order valence-corrected chi connectivity index (χ1v) is 12.9. The summed E-state index contributed by atoms with van der Waals surface area (Å²) < 4.78 is 73.6. The molecule has 1 heterocycles. The van der Waals surface area contributed by atoms with Crippen molar-refractivity contribution >= 4 is 27.9 Å². The number of halogens is 3. The van der Waals surface area contributed by atoms with Crippen LogP contribution in [0.5, 0.6) is 0 Å². The molecule has 0 radical (unpaired) electrons. The predicted molar refractivity (Wildman–Crippen MR) is 102 cm³/mol. The Morgan fingerprint density at radius 2 is 1.58 bits per heavy atom. The lowest BCUT2D eigenvalue weighted by Crippen LogP contribution is -2.53. The Hall–Kier alpha value is -1.85. The van der Waals surface area contributed by atoms with Gasteiger partial charge >= 0.3 is 27.5 Å². The zero-order chi connectivity index (χ0) is 23.5. The zero-order valence-electron chi connectivity index (χ0n) is 17.5. The lowest BCUT2D eigenvalue weighted by molar-refractivity contribution is -0.186. The highest BCUT2D eigenvalue weighted by Gasteiger charge is 2.71. The molecule has 0 aromatic rings.